The van der Waals surface area contributed by atoms with Crippen molar-refractivity contribution in [2.45, 2.75) is 0 Å². The standard InChI is InChI=1S/C15H17FN6O/c16-12-3-1-2-4-14(12)22-18-13(11-17)15(19-22)21-7-5-20(6-8-21)9-10-23/h1-4,23H,5-10H2. The molecule has 0 unspecified atom stereocenters. The molecule has 1 aromatic heterocycles. The highest BCUT2D eigenvalue weighted by molar-refractivity contribution is 5.50. The minimum Gasteiger partial charge on any atom is -0.395 e. The van der Waals surface area contributed by atoms with Gasteiger partial charge in [-0.25, -0.2) is 4.39 Å². The first-order chi connectivity index (χ1) is 11.2. The van der Waals surface area contributed by atoms with Crippen LogP contribution in [0.2, 0.25) is 0 Å². The Morgan fingerprint density at radius 1 is 1.17 bits per heavy atom. The van der Waals surface area contributed by atoms with Crippen molar-refractivity contribution in [3.05, 3.63) is 35.8 Å². The fourth-order valence-electron chi connectivity index (χ4n) is 2.63. The molecule has 2 aromatic rings. The van der Waals surface area contributed by atoms with E-state index in [-0.39, 0.29) is 18.0 Å². The van der Waals surface area contributed by atoms with Crippen molar-refractivity contribution in [3.63, 3.8) is 0 Å². The molecule has 120 valence electrons. The first-order valence-corrected chi connectivity index (χ1v) is 7.43. The minimum absolute atomic E-state index is 0.132. The maximum atomic E-state index is 13.9. The summed E-state index contributed by atoms with van der Waals surface area (Å²) in [5.41, 5.74) is 0.401. The van der Waals surface area contributed by atoms with E-state index >= 15 is 0 Å². The molecule has 1 fully saturated rings. The number of rotatable bonds is 4. The summed E-state index contributed by atoms with van der Waals surface area (Å²) < 4.78 is 13.9. The molecule has 0 saturated carbocycles. The molecule has 0 aliphatic carbocycles. The van der Waals surface area contributed by atoms with Gasteiger partial charge in [0.2, 0.25) is 5.69 Å². The zero-order valence-corrected chi connectivity index (χ0v) is 12.6. The van der Waals surface area contributed by atoms with E-state index in [1.54, 1.807) is 18.2 Å². The van der Waals surface area contributed by atoms with Gasteiger partial charge >= 0.3 is 0 Å². The largest absolute Gasteiger partial charge is 0.395 e. The van der Waals surface area contributed by atoms with Crippen LogP contribution in [-0.2, 0) is 0 Å². The van der Waals surface area contributed by atoms with Gasteiger partial charge in [0.15, 0.2) is 11.6 Å². The molecule has 23 heavy (non-hydrogen) atoms. The number of hydrogen-bond acceptors (Lipinski definition) is 6. The normalized spacial score (nSPS) is 15.6. The average Bonchev–Trinajstić information content (AvgIpc) is 3.00. The molecule has 1 aliphatic rings. The van der Waals surface area contributed by atoms with Crippen molar-refractivity contribution in [2.75, 3.05) is 44.2 Å². The Labute approximate surface area is 133 Å². The van der Waals surface area contributed by atoms with Crippen LogP contribution in [0.3, 0.4) is 0 Å². The second-order valence-electron chi connectivity index (χ2n) is 5.28. The van der Waals surface area contributed by atoms with Gasteiger partial charge in [-0.1, -0.05) is 12.1 Å². The number of piperazine rings is 1. The number of hydrogen-bond donors (Lipinski definition) is 1. The molecule has 1 aromatic carbocycles. The van der Waals surface area contributed by atoms with Crippen LogP contribution >= 0.6 is 0 Å². The average molecular weight is 316 g/mol. The van der Waals surface area contributed by atoms with E-state index in [0.717, 1.165) is 13.1 Å². The maximum Gasteiger partial charge on any atom is 0.207 e. The molecular formula is C15H17FN6O. The molecule has 1 saturated heterocycles. The second kappa shape index (κ2) is 6.73. The Hall–Kier alpha value is -2.50. The molecule has 2 heterocycles. The summed E-state index contributed by atoms with van der Waals surface area (Å²) in [4.78, 5) is 5.28. The van der Waals surface area contributed by atoms with Crippen LogP contribution in [-0.4, -0.2) is 64.3 Å². The Morgan fingerprint density at radius 3 is 2.57 bits per heavy atom. The summed E-state index contributed by atoms with van der Waals surface area (Å²) in [6.07, 6.45) is 0. The lowest BCUT2D eigenvalue weighted by molar-refractivity contribution is 0.188. The Bertz CT molecular complexity index is 717. The van der Waals surface area contributed by atoms with Crippen molar-refractivity contribution >= 4 is 5.82 Å². The molecular weight excluding hydrogens is 299 g/mol. The maximum absolute atomic E-state index is 13.9. The van der Waals surface area contributed by atoms with Gasteiger partial charge in [-0.05, 0) is 12.1 Å². The van der Waals surface area contributed by atoms with Crippen LogP contribution in [0.25, 0.3) is 5.69 Å². The number of nitrogens with zero attached hydrogens (tertiary/aromatic N) is 6. The summed E-state index contributed by atoms with van der Waals surface area (Å²) in [5, 5.41) is 26.7. The Kier molecular flexibility index (Phi) is 4.50. The highest BCUT2D eigenvalue weighted by atomic mass is 19.1. The molecule has 0 bridgehead atoms. The van der Waals surface area contributed by atoms with Crippen LogP contribution in [0.1, 0.15) is 5.69 Å². The molecule has 3 rings (SSSR count). The number of aromatic nitrogens is 3. The van der Waals surface area contributed by atoms with Crippen LogP contribution < -0.4 is 4.90 Å². The SMILES string of the molecule is N#Cc1nn(-c2ccccc2F)nc1N1CCN(CCO)CC1. The predicted molar refractivity (Wildman–Crippen MR) is 81.8 cm³/mol. The van der Waals surface area contributed by atoms with Gasteiger partial charge in [-0.15, -0.1) is 15.0 Å². The first-order valence-electron chi connectivity index (χ1n) is 7.43. The van der Waals surface area contributed by atoms with Crippen LogP contribution in [0, 0.1) is 17.1 Å². The first kappa shape index (κ1) is 15.4. The quantitative estimate of drug-likeness (QED) is 0.879. The minimum atomic E-state index is -0.439. The molecule has 7 nitrogen and oxygen atoms in total. The smallest absolute Gasteiger partial charge is 0.207 e. The van der Waals surface area contributed by atoms with Crippen molar-refractivity contribution in [1.82, 2.24) is 19.9 Å². The number of anilines is 1. The van der Waals surface area contributed by atoms with Gasteiger partial charge in [0.05, 0.1) is 6.61 Å². The lowest BCUT2D eigenvalue weighted by atomic mass is 10.3. The van der Waals surface area contributed by atoms with Crippen molar-refractivity contribution in [1.29, 1.82) is 5.26 Å². The summed E-state index contributed by atoms with van der Waals surface area (Å²) in [5.74, 6) is 0.0331. The number of aliphatic hydroxyl groups is 1. The topological polar surface area (TPSA) is 81.2 Å². The lowest BCUT2D eigenvalue weighted by Crippen LogP contribution is -2.47. The van der Waals surface area contributed by atoms with E-state index < -0.39 is 5.82 Å². The monoisotopic (exact) mass is 316 g/mol. The zero-order valence-electron chi connectivity index (χ0n) is 12.6. The van der Waals surface area contributed by atoms with Crippen molar-refractivity contribution in [2.24, 2.45) is 0 Å². The van der Waals surface area contributed by atoms with E-state index in [1.165, 1.54) is 10.9 Å². The van der Waals surface area contributed by atoms with E-state index in [1.807, 2.05) is 11.0 Å². The third kappa shape index (κ3) is 3.16. The fraction of sp³-hybridized carbons (Fsp3) is 0.400. The number of aliphatic hydroxyl groups excluding tert-OH is 1. The summed E-state index contributed by atoms with van der Waals surface area (Å²) in [6, 6.07) is 8.21. The van der Waals surface area contributed by atoms with E-state index in [2.05, 4.69) is 15.1 Å². The molecule has 1 aliphatic heterocycles. The van der Waals surface area contributed by atoms with Gasteiger partial charge in [0.25, 0.3) is 0 Å². The number of nitriles is 1. The van der Waals surface area contributed by atoms with Crippen LogP contribution in [0.4, 0.5) is 10.2 Å². The summed E-state index contributed by atoms with van der Waals surface area (Å²) in [6.45, 7) is 3.69. The Balaban J connectivity index is 1.84. The predicted octanol–water partition coefficient (Wildman–Crippen LogP) is 0.392. The molecule has 1 N–H and O–H groups in total. The van der Waals surface area contributed by atoms with E-state index in [0.29, 0.717) is 25.5 Å². The van der Waals surface area contributed by atoms with Gasteiger partial charge < -0.3 is 10.0 Å². The number of halogens is 1. The van der Waals surface area contributed by atoms with Crippen molar-refractivity contribution < 1.29 is 9.50 Å². The molecule has 0 spiro atoms. The van der Waals surface area contributed by atoms with Gasteiger partial charge in [-0.2, -0.15) is 5.26 Å². The number of para-hydroxylation sites is 1. The van der Waals surface area contributed by atoms with Gasteiger partial charge in [0, 0.05) is 32.7 Å². The highest BCUT2D eigenvalue weighted by Crippen LogP contribution is 2.20. The number of β-amino-alcohol motifs (C(OH)–C–C–N with tert-alkyl or cyclic N) is 1. The highest BCUT2D eigenvalue weighted by Gasteiger charge is 2.23. The molecule has 0 radical (unpaired) electrons. The zero-order chi connectivity index (χ0) is 16.2. The fourth-order valence-corrected chi connectivity index (χ4v) is 2.63. The molecule has 0 amide bonds. The molecule has 0 atom stereocenters. The van der Waals surface area contributed by atoms with Gasteiger partial charge in [0.1, 0.15) is 11.8 Å². The Morgan fingerprint density at radius 2 is 1.91 bits per heavy atom. The van der Waals surface area contributed by atoms with Crippen LogP contribution in [0.15, 0.2) is 24.3 Å². The van der Waals surface area contributed by atoms with Gasteiger partial charge in [-0.3, -0.25) is 4.90 Å². The summed E-state index contributed by atoms with van der Waals surface area (Å²) in [7, 11) is 0. The molecule has 8 heteroatoms. The second-order valence-corrected chi connectivity index (χ2v) is 5.28. The van der Waals surface area contributed by atoms with Crippen LogP contribution in [0.5, 0.6) is 0 Å². The summed E-state index contributed by atoms with van der Waals surface area (Å²) >= 11 is 0. The third-order valence-corrected chi connectivity index (χ3v) is 3.86. The van der Waals surface area contributed by atoms with E-state index in [4.69, 9.17) is 5.11 Å². The third-order valence-electron chi connectivity index (χ3n) is 3.86. The van der Waals surface area contributed by atoms with E-state index in [9.17, 15) is 9.65 Å². The number of benzene rings is 1. The van der Waals surface area contributed by atoms with Crippen molar-refractivity contribution in [3.8, 4) is 11.8 Å². The lowest BCUT2D eigenvalue weighted by Gasteiger charge is -2.34.